The van der Waals surface area contributed by atoms with E-state index in [0.717, 1.165) is 12.6 Å². The second-order valence-corrected chi connectivity index (χ2v) is 4.23. The van der Waals surface area contributed by atoms with Crippen LogP contribution in [0.2, 0.25) is 0 Å². The van der Waals surface area contributed by atoms with Gasteiger partial charge in [0, 0.05) is 19.0 Å². The van der Waals surface area contributed by atoms with Crippen LogP contribution in [0.15, 0.2) is 0 Å². The number of nitrogens with zero attached hydrogens (tertiary/aromatic N) is 1. The zero-order chi connectivity index (χ0) is 9.84. The molecule has 1 unspecified atom stereocenters. The average molecular weight is 185 g/mol. The van der Waals surface area contributed by atoms with Crippen LogP contribution in [0.3, 0.4) is 0 Å². The van der Waals surface area contributed by atoms with Crippen LogP contribution < -0.4 is 0 Å². The monoisotopic (exact) mass is 185 g/mol. The Morgan fingerprint density at radius 2 is 2.23 bits per heavy atom. The molecule has 1 fully saturated rings. The summed E-state index contributed by atoms with van der Waals surface area (Å²) in [6.45, 7) is 2.92. The van der Waals surface area contributed by atoms with Gasteiger partial charge in [-0.25, -0.2) is 0 Å². The van der Waals surface area contributed by atoms with Crippen molar-refractivity contribution in [3.8, 4) is 0 Å². The molecule has 3 nitrogen and oxygen atoms in total. The highest BCUT2D eigenvalue weighted by Gasteiger charge is 2.23. The Labute approximate surface area is 79.7 Å². The third kappa shape index (κ3) is 3.35. The maximum absolute atomic E-state index is 10.4. The quantitative estimate of drug-likeness (QED) is 0.707. The summed E-state index contributed by atoms with van der Waals surface area (Å²) in [4.78, 5) is 12.7. The normalized spacial score (nSPS) is 19.9. The Balaban J connectivity index is 2.18. The van der Waals surface area contributed by atoms with Crippen LogP contribution in [-0.2, 0) is 4.79 Å². The van der Waals surface area contributed by atoms with Crippen LogP contribution in [0.4, 0.5) is 0 Å². The summed E-state index contributed by atoms with van der Waals surface area (Å²) < 4.78 is 0. The smallest absolute Gasteiger partial charge is 0.303 e. The van der Waals surface area contributed by atoms with E-state index in [1.807, 2.05) is 6.92 Å². The van der Waals surface area contributed by atoms with E-state index in [1.54, 1.807) is 0 Å². The number of rotatable bonds is 5. The maximum atomic E-state index is 10.4. The second-order valence-electron chi connectivity index (χ2n) is 4.23. The summed E-state index contributed by atoms with van der Waals surface area (Å²) >= 11 is 0. The van der Waals surface area contributed by atoms with Crippen LogP contribution >= 0.6 is 0 Å². The first-order valence-electron chi connectivity index (χ1n) is 5.01. The molecule has 0 spiro atoms. The lowest BCUT2D eigenvalue weighted by atomic mass is 9.91. The third-order valence-electron chi connectivity index (χ3n) is 2.82. The van der Waals surface area contributed by atoms with Crippen molar-refractivity contribution in [2.75, 3.05) is 13.6 Å². The maximum Gasteiger partial charge on any atom is 0.303 e. The molecule has 1 N–H and O–H groups in total. The molecule has 1 aliphatic rings. The number of carbonyl (C=O) groups is 1. The van der Waals surface area contributed by atoms with E-state index in [4.69, 9.17) is 5.11 Å². The van der Waals surface area contributed by atoms with Crippen molar-refractivity contribution in [1.82, 2.24) is 4.90 Å². The van der Waals surface area contributed by atoms with Crippen molar-refractivity contribution >= 4 is 5.97 Å². The number of carboxylic acid groups (broad SMARTS) is 1. The molecular weight excluding hydrogens is 166 g/mol. The standard InChI is InChI=1S/C10H19NO2/c1-8(6-10(12)13)7-11(2)9-4-3-5-9/h8-9H,3-7H2,1-2H3,(H,12,13). The molecule has 0 amide bonds. The van der Waals surface area contributed by atoms with E-state index in [9.17, 15) is 4.79 Å². The van der Waals surface area contributed by atoms with E-state index in [2.05, 4.69) is 11.9 Å². The highest BCUT2D eigenvalue weighted by molar-refractivity contribution is 5.66. The summed E-state index contributed by atoms with van der Waals surface area (Å²) in [5.41, 5.74) is 0. The molecule has 3 heteroatoms. The van der Waals surface area contributed by atoms with Gasteiger partial charge >= 0.3 is 5.97 Å². The average Bonchev–Trinajstić information content (AvgIpc) is 1.78. The van der Waals surface area contributed by atoms with E-state index in [-0.39, 0.29) is 12.3 Å². The predicted molar refractivity (Wildman–Crippen MR) is 51.7 cm³/mol. The van der Waals surface area contributed by atoms with Crippen molar-refractivity contribution in [1.29, 1.82) is 0 Å². The molecule has 1 saturated carbocycles. The minimum absolute atomic E-state index is 0.267. The summed E-state index contributed by atoms with van der Waals surface area (Å²) in [7, 11) is 2.10. The van der Waals surface area contributed by atoms with Crippen LogP contribution in [0.25, 0.3) is 0 Å². The topological polar surface area (TPSA) is 40.5 Å². The summed E-state index contributed by atoms with van der Waals surface area (Å²) in [6, 6.07) is 0.719. The Bertz CT molecular complexity index is 178. The Hall–Kier alpha value is -0.570. The number of carboxylic acids is 1. The van der Waals surface area contributed by atoms with E-state index >= 15 is 0 Å². The van der Waals surface area contributed by atoms with Gasteiger partial charge in [0.25, 0.3) is 0 Å². The molecule has 1 rings (SSSR count). The minimum Gasteiger partial charge on any atom is -0.481 e. The van der Waals surface area contributed by atoms with Crippen molar-refractivity contribution < 1.29 is 9.90 Å². The molecule has 0 aliphatic heterocycles. The van der Waals surface area contributed by atoms with E-state index < -0.39 is 5.97 Å². The molecule has 0 bridgehead atoms. The lowest BCUT2D eigenvalue weighted by Gasteiger charge is -2.36. The zero-order valence-electron chi connectivity index (χ0n) is 8.49. The second kappa shape index (κ2) is 4.61. The van der Waals surface area contributed by atoms with Gasteiger partial charge in [0.15, 0.2) is 0 Å². The van der Waals surface area contributed by atoms with Gasteiger partial charge in [0.05, 0.1) is 0 Å². The lowest BCUT2D eigenvalue weighted by molar-refractivity contribution is -0.138. The van der Waals surface area contributed by atoms with Crippen molar-refractivity contribution in [2.24, 2.45) is 5.92 Å². The fourth-order valence-electron chi connectivity index (χ4n) is 1.83. The number of hydrogen-bond acceptors (Lipinski definition) is 2. The fraction of sp³-hybridized carbons (Fsp3) is 0.900. The number of aliphatic carboxylic acids is 1. The molecule has 0 heterocycles. The van der Waals surface area contributed by atoms with Crippen LogP contribution in [-0.4, -0.2) is 35.6 Å². The predicted octanol–water partition coefficient (Wildman–Crippen LogP) is 1.58. The Kier molecular flexibility index (Phi) is 3.72. The van der Waals surface area contributed by atoms with Crippen molar-refractivity contribution in [3.63, 3.8) is 0 Å². The fourth-order valence-corrected chi connectivity index (χ4v) is 1.83. The van der Waals surface area contributed by atoms with Gasteiger partial charge in [-0.1, -0.05) is 13.3 Å². The lowest BCUT2D eigenvalue weighted by Crippen LogP contribution is -2.39. The van der Waals surface area contributed by atoms with Crippen LogP contribution in [0.5, 0.6) is 0 Å². The van der Waals surface area contributed by atoms with E-state index in [1.165, 1.54) is 19.3 Å². The first-order chi connectivity index (χ1) is 6.09. The van der Waals surface area contributed by atoms with Crippen LogP contribution in [0.1, 0.15) is 32.6 Å². The Morgan fingerprint density at radius 3 is 2.62 bits per heavy atom. The molecule has 0 aromatic heterocycles. The highest BCUT2D eigenvalue weighted by atomic mass is 16.4. The molecular formula is C10H19NO2. The minimum atomic E-state index is -0.686. The molecule has 0 aromatic carbocycles. The third-order valence-corrected chi connectivity index (χ3v) is 2.82. The molecule has 1 atom stereocenters. The molecule has 76 valence electrons. The molecule has 0 saturated heterocycles. The summed E-state index contributed by atoms with van der Waals surface area (Å²) in [5, 5.41) is 8.59. The van der Waals surface area contributed by atoms with Gasteiger partial charge in [0.2, 0.25) is 0 Å². The number of hydrogen-bond donors (Lipinski definition) is 1. The molecule has 13 heavy (non-hydrogen) atoms. The van der Waals surface area contributed by atoms with Gasteiger partial charge in [-0.05, 0) is 25.8 Å². The van der Waals surface area contributed by atoms with Crippen LogP contribution in [0, 0.1) is 5.92 Å². The van der Waals surface area contributed by atoms with Gasteiger partial charge in [-0.3, -0.25) is 4.79 Å². The van der Waals surface area contributed by atoms with Crippen molar-refractivity contribution in [3.05, 3.63) is 0 Å². The zero-order valence-corrected chi connectivity index (χ0v) is 8.49. The molecule has 0 aromatic rings. The van der Waals surface area contributed by atoms with E-state index in [0.29, 0.717) is 0 Å². The Morgan fingerprint density at radius 1 is 1.62 bits per heavy atom. The largest absolute Gasteiger partial charge is 0.481 e. The summed E-state index contributed by atoms with van der Waals surface area (Å²) in [5.74, 6) is -0.419. The summed E-state index contributed by atoms with van der Waals surface area (Å²) in [6.07, 6.45) is 4.20. The van der Waals surface area contributed by atoms with Gasteiger partial charge in [-0.15, -0.1) is 0 Å². The van der Waals surface area contributed by atoms with Gasteiger partial charge in [-0.2, -0.15) is 0 Å². The molecule has 0 radical (unpaired) electrons. The van der Waals surface area contributed by atoms with Crippen molar-refractivity contribution in [2.45, 2.75) is 38.6 Å². The molecule has 1 aliphatic carbocycles. The SMILES string of the molecule is CC(CC(=O)O)CN(C)C1CCC1. The highest BCUT2D eigenvalue weighted by Crippen LogP contribution is 2.24. The first-order valence-corrected chi connectivity index (χ1v) is 5.01. The van der Waals surface area contributed by atoms with Gasteiger partial charge in [0.1, 0.15) is 0 Å². The van der Waals surface area contributed by atoms with Gasteiger partial charge < -0.3 is 10.0 Å². The first kappa shape index (κ1) is 10.5.